The van der Waals surface area contributed by atoms with Crippen molar-refractivity contribution >= 4 is 11.3 Å². The highest BCUT2D eigenvalue weighted by molar-refractivity contribution is 7.10. The molecule has 0 aliphatic rings. The maximum absolute atomic E-state index is 5.37. The Hall–Kier alpha value is -1.77. The molecule has 5 heteroatoms. The molecule has 0 unspecified atom stereocenters. The first-order chi connectivity index (χ1) is 8.81. The molecule has 0 bridgehead atoms. The van der Waals surface area contributed by atoms with E-state index in [9.17, 15) is 0 Å². The van der Waals surface area contributed by atoms with Crippen LogP contribution in [0.5, 0.6) is 5.75 Å². The summed E-state index contributed by atoms with van der Waals surface area (Å²) in [5.74, 6) is 6.66. The Kier molecular flexibility index (Phi) is 4.40. The fraction of sp³-hybridized carbons (Fsp3) is 0.308. The third-order valence-electron chi connectivity index (χ3n) is 2.23. The quantitative estimate of drug-likeness (QED) is 0.852. The topological polar surface area (TPSA) is 53.1 Å². The lowest BCUT2D eigenvalue weighted by molar-refractivity contribution is 0.340. The molecule has 0 aliphatic heterocycles. The largest absolute Gasteiger partial charge is 0.491 e. The van der Waals surface area contributed by atoms with Crippen molar-refractivity contribution in [1.29, 1.82) is 0 Å². The lowest BCUT2D eigenvalue weighted by Gasteiger charge is -1.97. The fourth-order valence-corrected chi connectivity index (χ4v) is 2.32. The molecule has 0 aromatic carbocycles. The summed E-state index contributed by atoms with van der Waals surface area (Å²) in [7, 11) is 0. The number of thiophene rings is 1. The number of hydrogen-bond acceptors (Lipinski definition) is 4. The minimum Gasteiger partial charge on any atom is -0.491 e. The van der Waals surface area contributed by atoms with Gasteiger partial charge < -0.3 is 10.5 Å². The first-order valence-corrected chi connectivity index (χ1v) is 6.61. The van der Waals surface area contributed by atoms with Crippen LogP contribution < -0.4 is 10.5 Å². The molecule has 0 atom stereocenters. The van der Waals surface area contributed by atoms with Gasteiger partial charge in [-0.05, 0) is 13.0 Å². The molecule has 94 valence electrons. The second-order valence-corrected chi connectivity index (χ2v) is 4.61. The van der Waals surface area contributed by atoms with E-state index < -0.39 is 0 Å². The van der Waals surface area contributed by atoms with Gasteiger partial charge in [-0.15, -0.1) is 11.3 Å². The predicted molar refractivity (Wildman–Crippen MR) is 72.7 cm³/mol. The van der Waals surface area contributed by atoms with Crippen LogP contribution in [0, 0.1) is 11.8 Å². The molecule has 2 heterocycles. The van der Waals surface area contributed by atoms with Crippen LogP contribution in [0.25, 0.3) is 0 Å². The van der Waals surface area contributed by atoms with Crippen molar-refractivity contribution in [3.63, 3.8) is 0 Å². The summed E-state index contributed by atoms with van der Waals surface area (Å²) in [6, 6.07) is 2.06. The average Bonchev–Trinajstić information content (AvgIpc) is 2.98. The summed E-state index contributed by atoms with van der Waals surface area (Å²) < 4.78 is 7.22. The molecule has 0 saturated carbocycles. The Balaban J connectivity index is 2.01. The van der Waals surface area contributed by atoms with Crippen LogP contribution in [0.1, 0.15) is 17.4 Å². The Labute approximate surface area is 110 Å². The molecule has 0 saturated heterocycles. The molecule has 2 N–H and O–H groups in total. The minimum absolute atomic E-state index is 0.391. The van der Waals surface area contributed by atoms with Gasteiger partial charge in [0.05, 0.1) is 32.1 Å². The molecule has 0 amide bonds. The summed E-state index contributed by atoms with van der Waals surface area (Å²) in [5, 5.41) is 6.28. The Morgan fingerprint density at radius 3 is 3.22 bits per heavy atom. The Morgan fingerprint density at radius 2 is 2.44 bits per heavy atom. The van der Waals surface area contributed by atoms with E-state index in [1.807, 2.05) is 23.2 Å². The Bertz CT molecular complexity index is 562. The monoisotopic (exact) mass is 261 g/mol. The molecule has 0 spiro atoms. The van der Waals surface area contributed by atoms with Crippen LogP contribution in [0.2, 0.25) is 0 Å². The second-order valence-electron chi connectivity index (χ2n) is 3.61. The molecule has 4 nitrogen and oxygen atoms in total. The van der Waals surface area contributed by atoms with E-state index in [4.69, 9.17) is 10.5 Å². The van der Waals surface area contributed by atoms with Crippen LogP contribution in [0.3, 0.4) is 0 Å². The third-order valence-corrected chi connectivity index (χ3v) is 3.15. The minimum atomic E-state index is 0.391. The first kappa shape index (κ1) is 12.7. The van der Waals surface area contributed by atoms with Crippen molar-refractivity contribution in [1.82, 2.24) is 9.78 Å². The molecular formula is C13H15N3OS. The summed E-state index contributed by atoms with van der Waals surface area (Å²) in [4.78, 5) is 1.21. The standard InChI is InChI=1S/C13H15N3OS/c1-2-17-12-7-15-16(8-12)9-13-6-11(10-18-13)4-3-5-14/h6-8,10H,2,5,9,14H2,1H3. The van der Waals surface area contributed by atoms with Gasteiger partial charge in [0.25, 0.3) is 0 Å². The van der Waals surface area contributed by atoms with E-state index in [2.05, 4.69) is 23.0 Å². The smallest absolute Gasteiger partial charge is 0.157 e. The van der Waals surface area contributed by atoms with Gasteiger partial charge in [-0.2, -0.15) is 5.10 Å². The Morgan fingerprint density at radius 1 is 1.56 bits per heavy atom. The molecule has 2 aromatic heterocycles. The second kappa shape index (κ2) is 6.24. The van der Waals surface area contributed by atoms with Crippen molar-refractivity contribution in [3.05, 3.63) is 34.3 Å². The highest BCUT2D eigenvalue weighted by atomic mass is 32.1. The molecule has 2 aromatic rings. The van der Waals surface area contributed by atoms with Crippen molar-refractivity contribution in [2.75, 3.05) is 13.2 Å². The number of rotatable bonds is 4. The van der Waals surface area contributed by atoms with Crippen LogP contribution >= 0.6 is 11.3 Å². The number of nitrogens with zero attached hydrogens (tertiary/aromatic N) is 2. The molecule has 18 heavy (non-hydrogen) atoms. The number of ether oxygens (including phenoxy) is 1. The van der Waals surface area contributed by atoms with Gasteiger partial charge in [0.1, 0.15) is 0 Å². The molecule has 0 aliphatic carbocycles. The zero-order chi connectivity index (χ0) is 12.8. The third kappa shape index (κ3) is 3.36. The number of hydrogen-bond donors (Lipinski definition) is 1. The highest BCUT2D eigenvalue weighted by Gasteiger charge is 2.02. The van der Waals surface area contributed by atoms with Gasteiger partial charge in [0.15, 0.2) is 5.75 Å². The van der Waals surface area contributed by atoms with Crippen LogP contribution in [-0.2, 0) is 6.54 Å². The average molecular weight is 261 g/mol. The molecule has 2 rings (SSSR count). The molecular weight excluding hydrogens is 246 g/mol. The van der Waals surface area contributed by atoms with Crippen molar-refractivity contribution in [2.24, 2.45) is 5.73 Å². The predicted octanol–water partition coefficient (Wildman–Crippen LogP) is 1.70. The normalized spacial score (nSPS) is 9.89. The van der Waals surface area contributed by atoms with Gasteiger partial charge in [-0.1, -0.05) is 11.8 Å². The lowest BCUT2D eigenvalue weighted by Crippen LogP contribution is -1.97. The SMILES string of the molecule is CCOc1cnn(Cc2cc(C#CCN)cs2)c1. The van der Waals surface area contributed by atoms with E-state index >= 15 is 0 Å². The first-order valence-electron chi connectivity index (χ1n) is 5.73. The van der Waals surface area contributed by atoms with Crippen molar-refractivity contribution < 1.29 is 4.74 Å². The van der Waals surface area contributed by atoms with Crippen molar-refractivity contribution in [2.45, 2.75) is 13.5 Å². The lowest BCUT2D eigenvalue weighted by atomic mass is 10.3. The van der Waals surface area contributed by atoms with E-state index in [0.29, 0.717) is 13.2 Å². The summed E-state index contributed by atoms with van der Waals surface area (Å²) in [5.41, 5.74) is 6.35. The van der Waals surface area contributed by atoms with Crippen LogP contribution in [-0.4, -0.2) is 22.9 Å². The number of nitrogens with two attached hydrogens (primary N) is 1. The fourth-order valence-electron chi connectivity index (χ4n) is 1.51. The maximum atomic E-state index is 5.37. The van der Waals surface area contributed by atoms with E-state index in [1.54, 1.807) is 17.5 Å². The van der Waals surface area contributed by atoms with E-state index in [-0.39, 0.29) is 0 Å². The van der Waals surface area contributed by atoms with Crippen LogP contribution in [0.15, 0.2) is 23.8 Å². The van der Waals surface area contributed by atoms with Gasteiger partial charge in [0.2, 0.25) is 0 Å². The molecule has 0 radical (unpaired) electrons. The number of aromatic nitrogens is 2. The zero-order valence-corrected chi connectivity index (χ0v) is 11.0. The van der Waals surface area contributed by atoms with Gasteiger partial charge in [-0.3, -0.25) is 4.68 Å². The molecule has 0 fully saturated rings. The van der Waals surface area contributed by atoms with Gasteiger partial charge in [-0.25, -0.2) is 0 Å². The summed E-state index contributed by atoms with van der Waals surface area (Å²) in [6.07, 6.45) is 3.63. The summed E-state index contributed by atoms with van der Waals surface area (Å²) in [6.45, 7) is 3.74. The van der Waals surface area contributed by atoms with Crippen molar-refractivity contribution in [3.8, 4) is 17.6 Å². The zero-order valence-electron chi connectivity index (χ0n) is 10.2. The summed E-state index contributed by atoms with van der Waals surface area (Å²) >= 11 is 1.67. The van der Waals surface area contributed by atoms with Crippen LogP contribution in [0.4, 0.5) is 0 Å². The van der Waals surface area contributed by atoms with Gasteiger partial charge in [0, 0.05) is 15.8 Å². The maximum Gasteiger partial charge on any atom is 0.157 e. The van der Waals surface area contributed by atoms with E-state index in [0.717, 1.165) is 17.9 Å². The van der Waals surface area contributed by atoms with E-state index in [1.165, 1.54) is 4.88 Å². The highest BCUT2D eigenvalue weighted by Crippen LogP contribution is 2.16. The van der Waals surface area contributed by atoms with Gasteiger partial charge >= 0.3 is 0 Å².